The van der Waals surface area contributed by atoms with Crippen molar-refractivity contribution in [2.75, 3.05) is 5.32 Å². The molecule has 0 saturated heterocycles. The summed E-state index contributed by atoms with van der Waals surface area (Å²) in [5.74, 6) is 0.873. The summed E-state index contributed by atoms with van der Waals surface area (Å²) in [5.41, 5.74) is 1.07. The molecular weight excluding hydrogens is 184 g/mol. The Morgan fingerprint density at radius 2 is 2.23 bits per heavy atom. The van der Waals surface area contributed by atoms with Gasteiger partial charge in [0.15, 0.2) is 0 Å². The van der Waals surface area contributed by atoms with Crippen molar-refractivity contribution in [1.82, 2.24) is 4.98 Å². The van der Waals surface area contributed by atoms with Gasteiger partial charge in [-0.25, -0.2) is 4.98 Å². The minimum Gasteiger partial charge on any atom is -0.381 e. The molecule has 0 aliphatic heterocycles. The average Bonchev–Trinajstić information content (AvgIpc) is 2.06. The van der Waals surface area contributed by atoms with E-state index in [0.29, 0.717) is 11.2 Å². The first-order valence-corrected chi connectivity index (χ1v) is 5.00. The van der Waals surface area contributed by atoms with Crippen LogP contribution in [0.25, 0.3) is 0 Å². The van der Waals surface area contributed by atoms with Crippen molar-refractivity contribution in [1.29, 1.82) is 0 Å². The molecule has 0 amide bonds. The molecule has 1 aromatic rings. The number of halogens is 1. The fourth-order valence-corrected chi connectivity index (χ4v) is 1.83. The number of hydrogen-bond donors (Lipinski definition) is 1. The summed E-state index contributed by atoms with van der Waals surface area (Å²) >= 11 is 5.68. The van der Waals surface area contributed by atoms with Gasteiger partial charge < -0.3 is 5.32 Å². The molecule has 1 fully saturated rings. The van der Waals surface area contributed by atoms with E-state index in [1.807, 2.05) is 12.1 Å². The first-order chi connectivity index (χ1) is 6.24. The minimum absolute atomic E-state index is 0.549. The van der Waals surface area contributed by atoms with E-state index in [0.717, 1.165) is 11.6 Å². The summed E-state index contributed by atoms with van der Waals surface area (Å²) in [5, 5.41) is 3.96. The second kappa shape index (κ2) is 3.54. The van der Waals surface area contributed by atoms with Gasteiger partial charge in [0.2, 0.25) is 0 Å². The molecule has 1 N–H and O–H groups in total. The molecule has 0 aromatic carbocycles. The molecule has 1 aliphatic carbocycles. The van der Waals surface area contributed by atoms with Crippen molar-refractivity contribution < 1.29 is 0 Å². The maximum Gasteiger partial charge on any atom is 0.129 e. The van der Waals surface area contributed by atoms with Crippen LogP contribution in [0.5, 0.6) is 0 Å². The summed E-state index contributed by atoms with van der Waals surface area (Å²) in [6.45, 7) is 2.28. The third-order valence-electron chi connectivity index (χ3n) is 2.47. The Morgan fingerprint density at radius 1 is 1.46 bits per heavy atom. The highest BCUT2D eigenvalue weighted by atomic mass is 35.5. The minimum atomic E-state index is 0.549. The topological polar surface area (TPSA) is 24.9 Å². The quantitative estimate of drug-likeness (QED) is 0.736. The Hall–Kier alpha value is -0.760. The SMILES string of the molecule is CC1CC(Nc2ccc(Cl)nc2)C1. The van der Waals surface area contributed by atoms with Gasteiger partial charge in [-0.1, -0.05) is 18.5 Å². The van der Waals surface area contributed by atoms with E-state index < -0.39 is 0 Å². The number of anilines is 1. The monoisotopic (exact) mass is 196 g/mol. The maximum atomic E-state index is 5.68. The van der Waals surface area contributed by atoms with E-state index in [2.05, 4.69) is 17.2 Å². The molecule has 0 bridgehead atoms. The summed E-state index contributed by atoms with van der Waals surface area (Å²) in [4.78, 5) is 4.01. The Labute approximate surface area is 83.3 Å². The molecule has 1 aliphatic rings. The normalized spacial score (nSPS) is 26.6. The second-order valence-electron chi connectivity index (χ2n) is 3.79. The molecule has 0 atom stereocenters. The highest BCUT2D eigenvalue weighted by Gasteiger charge is 2.24. The van der Waals surface area contributed by atoms with Crippen molar-refractivity contribution in [3.8, 4) is 0 Å². The molecule has 3 heteroatoms. The predicted molar refractivity (Wildman–Crippen MR) is 55.1 cm³/mol. The number of pyridine rings is 1. The van der Waals surface area contributed by atoms with E-state index in [9.17, 15) is 0 Å². The molecule has 0 unspecified atom stereocenters. The van der Waals surface area contributed by atoms with Crippen molar-refractivity contribution in [2.45, 2.75) is 25.8 Å². The molecule has 1 aromatic heterocycles. The van der Waals surface area contributed by atoms with E-state index in [-0.39, 0.29) is 0 Å². The van der Waals surface area contributed by atoms with E-state index >= 15 is 0 Å². The highest BCUT2D eigenvalue weighted by Crippen LogP contribution is 2.29. The molecule has 1 heterocycles. The Bertz CT molecular complexity index is 277. The van der Waals surface area contributed by atoms with Crippen LogP contribution in [0.15, 0.2) is 18.3 Å². The summed E-state index contributed by atoms with van der Waals surface area (Å²) in [6, 6.07) is 4.42. The molecule has 2 rings (SSSR count). The smallest absolute Gasteiger partial charge is 0.129 e. The molecule has 1 saturated carbocycles. The number of nitrogens with zero attached hydrogens (tertiary/aromatic N) is 1. The third-order valence-corrected chi connectivity index (χ3v) is 2.70. The molecular formula is C10H13ClN2. The van der Waals surface area contributed by atoms with Crippen LogP contribution < -0.4 is 5.32 Å². The largest absolute Gasteiger partial charge is 0.381 e. The van der Waals surface area contributed by atoms with Gasteiger partial charge in [-0.15, -0.1) is 0 Å². The zero-order valence-electron chi connectivity index (χ0n) is 7.63. The van der Waals surface area contributed by atoms with Gasteiger partial charge in [0, 0.05) is 6.04 Å². The van der Waals surface area contributed by atoms with Crippen LogP contribution in [0.1, 0.15) is 19.8 Å². The fourth-order valence-electron chi connectivity index (χ4n) is 1.72. The number of nitrogens with one attached hydrogen (secondary N) is 1. The zero-order valence-corrected chi connectivity index (χ0v) is 8.38. The van der Waals surface area contributed by atoms with Gasteiger partial charge in [0.25, 0.3) is 0 Å². The molecule has 70 valence electrons. The Kier molecular flexibility index (Phi) is 2.40. The summed E-state index contributed by atoms with van der Waals surface area (Å²) in [7, 11) is 0. The maximum absolute atomic E-state index is 5.68. The van der Waals surface area contributed by atoms with Gasteiger partial charge in [-0.3, -0.25) is 0 Å². The Balaban J connectivity index is 1.91. The van der Waals surface area contributed by atoms with Crippen LogP contribution in [0.2, 0.25) is 5.15 Å². The number of hydrogen-bond acceptors (Lipinski definition) is 2. The Morgan fingerprint density at radius 3 is 2.77 bits per heavy atom. The number of rotatable bonds is 2. The zero-order chi connectivity index (χ0) is 9.26. The van der Waals surface area contributed by atoms with Crippen LogP contribution >= 0.6 is 11.6 Å². The van der Waals surface area contributed by atoms with Crippen LogP contribution in [0.4, 0.5) is 5.69 Å². The van der Waals surface area contributed by atoms with Gasteiger partial charge in [-0.05, 0) is 30.9 Å². The highest BCUT2D eigenvalue weighted by molar-refractivity contribution is 6.29. The summed E-state index contributed by atoms with van der Waals surface area (Å²) < 4.78 is 0. The van der Waals surface area contributed by atoms with E-state index in [1.165, 1.54) is 12.8 Å². The lowest BCUT2D eigenvalue weighted by atomic mass is 9.82. The van der Waals surface area contributed by atoms with Crippen molar-refractivity contribution in [3.05, 3.63) is 23.5 Å². The molecule has 2 nitrogen and oxygen atoms in total. The third kappa shape index (κ3) is 2.13. The first-order valence-electron chi connectivity index (χ1n) is 4.62. The van der Waals surface area contributed by atoms with Crippen LogP contribution in [0.3, 0.4) is 0 Å². The van der Waals surface area contributed by atoms with Crippen LogP contribution in [-0.2, 0) is 0 Å². The van der Waals surface area contributed by atoms with Crippen LogP contribution in [0, 0.1) is 5.92 Å². The van der Waals surface area contributed by atoms with E-state index in [4.69, 9.17) is 11.6 Å². The molecule has 0 radical (unpaired) electrons. The lowest BCUT2D eigenvalue weighted by molar-refractivity contribution is 0.309. The standard InChI is InChI=1S/C10H13ClN2/c1-7-4-9(5-7)13-8-2-3-10(11)12-6-8/h2-3,6-7,9,13H,4-5H2,1H3. The average molecular weight is 197 g/mol. The molecule has 13 heavy (non-hydrogen) atoms. The first kappa shape index (κ1) is 8.82. The number of aromatic nitrogens is 1. The van der Waals surface area contributed by atoms with Gasteiger partial charge in [0.1, 0.15) is 5.15 Å². The predicted octanol–water partition coefficient (Wildman–Crippen LogP) is 2.95. The van der Waals surface area contributed by atoms with Gasteiger partial charge in [-0.2, -0.15) is 0 Å². The van der Waals surface area contributed by atoms with Gasteiger partial charge in [0.05, 0.1) is 11.9 Å². The summed E-state index contributed by atoms with van der Waals surface area (Å²) in [6.07, 6.45) is 4.32. The fraction of sp³-hybridized carbons (Fsp3) is 0.500. The lowest BCUT2D eigenvalue weighted by Crippen LogP contribution is -2.33. The lowest BCUT2D eigenvalue weighted by Gasteiger charge is -2.33. The van der Waals surface area contributed by atoms with E-state index in [1.54, 1.807) is 6.20 Å². The van der Waals surface area contributed by atoms with Crippen molar-refractivity contribution in [2.24, 2.45) is 5.92 Å². The van der Waals surface area contributed by atoms with Crippen molar-refractivity contribution >= 4 is 17.3 Å². The van der Waals surface area contributed by atoms with Gasteiger partial charge >= 0.3 is 0 Å². The second-order valence-corrected chi connectivity index (χ2v) is 4.17. The van der Waals surface area contributed by atoms with Crippen LogP contribution in [-0.4, -0.2) is 11.0 Å². The molecule has 0 spiro atoms. The van der Waals surface area contributed by atoms with Crippen molar-refractivity contribution in [3.63, 3.8) is 0 Å².